The number of hydrogen-bond acceptors (Lipinski definition) is 4. The van der Waals surface area contributed by atoms with Crippen molar-refractivity contribution in [3.63, 3.8) is 0 Å². The molecule has 27 heavy (non-hydrogen) atoms. The molecule has 5 nitrogen and oxygen atoms in total. The molecule has 1 atom stereocenters. The zero-order valence-electron chi connectivity index (χ0n) is 16.8. The number of benzene rings is 2. The maximum atomic E-state index is 12.4. The average Bonchev–Trinajstić information content (AvgIpc) is 2.57. The summed E-state index contributed by atoms with van der Waals surface area (Å²) in [7, 11) is 0. The first-order valence-corrected chi connectivity index (χ1v) is 8.96. The van der Waals surface area contributed by atoms with Crippen molar-refractivity contribution in [1.82, 2.24) is 0 Å². The molecule has 0 aromatic heterocycles. The largest absolute Gasteiger partial charge is 0.481 e. The molecule has 0 aliphatic carbocycles. The Morgan fingerprint density at radius 3 is 2.07 bits per heavy atom. The molecular weight excluding hydrogens is 342 g/mol. The molecule has 2 aromatic rings. The molecule has 1 unspecified atom stereocenters. The summed E-state index contributed by atoms with van der Waals surface area (Å²) >= 11 is 0. The van der Waals surface area contributed by atoms with E-state index in [1.165, 1.54) is 0 Å². The van der Waals surface area contributed by atoms with Gasteiger partial charge in [0, 0.05) is 5.69 Å². The molecule has 5 heteroatoms. The lowest BCUT2D eigenvalue weighted by Crippen LogP contribution is -2.32. The number of carbonyl (C=O) groups is 2. The van der Waals surface area contributed by atoms with Gasteiger partial charge in [0.1, 0.15) is 5.75 Å². The van der Waals surface area contributed by atoms with Gasteiger partial charge in [-0.1, -0.05) is 35.9 Å². The molecule has 0 heterocycles. The van der Waals surface area contributed by atoms with Gasteiger partial charge in [0.15, 0.2) is 12.7 Å². The number of amides is 1. The fraction of sp³-hybridized carbons (Fsp3) is 0.364. The van der Waals surface area contributed by atoms with Crippen molar-refractivity contribution >= 4 is 17.6 Å². The van der Waals surface area contributed by atoms with E-state index in [2.05, 4.69) is 5.32 Å². The number of aryl methyl sites for hydroxylation is 5. The van der Waals surface area contributed by atoms with Crippen LogP contribution >= 0.6 is 0 Å². The Kier molecular flexibility index (Phi) is 6.61. The van der Waals surface area contributed by atoms with E-state index >= 15 is 0 Å². The Morgan fingerprint density at radius 2 is 1.52 bits per heavy atom. The van der Waals surface area contributed by atoms with Crippen LogP contribution in [-0.2, 0) is 14.3 Å². The van der Waals surface area contributed by atoms with Crippen LogP contribution in [0.5, 0.6) is 5.75 Å². The van der Waals surface area contributed by atoms with Crippen molar-refractivity contribution in [2.75, 3.05) is 11.9 Å². The summed E-state index contributed by atoms with van der Waals surface area (Å²) in [4.78, 5) is 24.4. The molecule has 0 saturated carbocycles. The van der Waals surface area contributed by atoms with Crippen molar-refractivity contribution in [2.24, 2.45) is 0 Å². The van der Waals surface area contributed by atoms with E-state index in [-0.39, 0.29) is 12.5 Å². The Balaban J connectivity index is 1.93. The molecule has 0 saturated heterocycles. The number of rotatable bonds is 6. The van der Waals surface area contributed by atoms with Crippen molar-refractivity contribution in [1.29, 1.82) is 0 Å². The van der Waals surface area contributed by atoms with Gasteiger partial charge in [0.25, 0.3) is 5.91 Å². The molecule has 0 spiro atoms. The van der Waals surface area contributed by atoms with Crippen LogP contribution in [0.2, 0.25) is 0 Å². The molecule has 0 aliphatic heterocycles. The smallest absolute Gasteiger partial charge is 0.344 e. The van der Waals surface area contributed by atoms with Crippen molar-refractivity contribution in [3.8, 4) is 5.75 Å². The Hall–Kier alpha value is -2.82. The number of esters is 1. The van der Waals surface area contributed by atoms with Gasteiger partial charge >= 0.3 is 5.97 Å². The first-order valence-electron chi connectivity index (χ1n) is 8.96. The standard InChI is InChI=1S/C22H27NO4/c1-13-10-16(4)20(17(5)11-13)23-22(25)18(6)27-19(24)12-26-21-14(2)8-7-9-15(21)3/h7-11,18H,12H2,1-6H3,(H,23,25). The second-order valence-electron chi connectivity index (χ2n) is 6.90. The molecule has 1 N–H and O–H groups in total. The first kappa shape index (κ1) is 20.5. The van der Waals surface area contributed by atoms with Crippen LogP contribution in [-0.4, -0.2) is 24.6 Å². The first-order chi connectivity index (χ1) is 12.7. The summed E-state index contributed by atoms with van der Waals surface area (Å²) < 4.78 is 10.8. The fourth-order valence-electron chi connectivity index (χ4n) is 3.04. The van der Waals surface area contributed by atoms with Crippen molar-refractivity contribution < 1.29 is 19.1 Å². The number of nitrogens with one attached hydrogen (secondary N) is 1. The lowest BCUT2D eigenvalue weighted by atomic mass is 10.0. The van der Waals surface area contributed by atoms with E-state index in [9.17, 15) is 9.59 Å². The maximum absolute atomic E-state index is 12.4. The Morgan fingerprint density at radius 1 is 0.963 bits per heavy atom. The van der Waals surface area contributed by atoms with Crippen LogP contribution in [0, 0.1) is 34.6 Å². The highest BCUT2D eigenvalue weighted by molar-refractivity contribution is 5.96. The third-order valence-corrected chi connectivity index (χ3v) is 4.35. The fourth-order valence-corrected chi connectivity index (χ4v) is 3.04. The number of ether oxygens (including phenoxy) is 2. The lowest BCUT2D eigenvalue weighted by Gasteiger charge is -2.17. The zero-order chi connectivity index (χ0) is 20.1. The van der Waals surface area contributed by atoms with Gasteiger partial charge < -0.3 is 14.8 Å². The van der Waals surface area contributed by atoms with Gasteiger partial charge in [-0.05, 0) is 63.8 Å². The van der Waals surface area contributed by atoms with Gasteiger partial charge in [0.05, 0.1) is 0 Å². The predicted octanol–water partition coefficient (Wildman–Crippen LogP) is 4.18. The van der Waals surface area contributed by atoms with Gasteiger partial charge in [0.2, 0.25) is 0 Å². The van der Waals surface area contributed by atoms with Crippen LogP contribution in [0.25, 0.3) is 0 Å². The molecule has 1 amide bonds. The molecule has 0 aliphatic rings. The summed E-state index contributed by atoms with van der Waals surface area (Å²) in [5.74, 6) is -0.291. The van der Waals surface area contributed by atoms with Crippen LogP contribution in [0.4, 0.5) is 5.69 Å². The monoisotopic (exact) mass is 369 g/mol. The predicted molar refractivity (Wildman–Crippen MR) is 106 cm³/mol. The molecule has 2 rings (SSSR count). The van der Waals surface area contributed by atoms with E-state index in [1.54, 1.807) is 6.92 Å². The highest BCUT2D eigenvalue weighted by Gasteiger charge is 2.20. The van der Waals surface area contributed by atoms with E-state index in [1.807, 2.05) is 65.0 Å². The number of hydrogen-bond donors (Lipinski definition) is 1. The summed E-state index contributed by atoms with van der Waals surface area (Å²) in [6.45, 7) is 11.0. The Bertz CT molecular complexity index is 814. The van der Waals surface area contributed by atoms with Gasteiger partial charge in [-0.15, -0.1) is 0 Å². The van der Waals surface area contributed by atoms with Gasteiger partial charge in [-0.3, -0.25) is 4.79 Å². The second kappa shape index (κ2) is 8.71. The molecule has 0 bridgehead atoms. The molecule has 144 valence electrons. The Labute approximate surface area is 160 Å². The third kappa shape index (κ3) is 5.33. The minimum Gasteiger partial charge on any atom is -0.481 e. The summed E-state index contributed by atoms with van der Waals surface area (Å²) in [5, 5.41) is 2.85. The van der Waals surface area contributed by atoms with Crippen molar-refractivity contribution in [3.05, 3.63) is 58.1 Å². The van der Waals surface area contributed by atoms with Gasteiger partial charge in [-0.2, -0.15) is 0 Å². The van der Waals surface area contributed by atoms with E-state index in [4.69, 9.17) is 9.47 Å². The van der Waals surface area contributed by atoms with E-state index < -0.39 is 12.1 Å². The maximum Gasteiger partial charge on any atom is 0.344 e. The van der Waals surface area contributed by atoms with E-state index in [0.29, 0.717) is 5.75 Å². The number of para-hydroxylation sites is 1. The van der Waals surface area contributed by atoms with Crippen molar-refractivity contribution in [2.45, 2.75) is 47.6 Å². The van der Waals surface area contributed by atoms with E-state index in [0.717, 1.165) is 33.5 Å². The third-order valence-electron chi connectivity index (χ3n) is 4.35. The van der Waals surface area contributed by atoms with Crippen LogP contribution < -0.4 is 10.1 Å². The lowest BCUT2D eigenvalue weighted by molar-refractivity contribution is -0.155. The second-order valence-corrected chi connectivity index (χ2v) is 6.90. The van der Waals surface area contributed by atoms with Gasteiger partial charge in [-0.25, -0.2) is 4.79 Å². The topological polar surface area (TPSA) is 64.6 Å². The quantitative estimate of drug-likeness (QED) is 0.776. The minimum atomic E-state index is -0.917. The highest BCUT2D eigenvalue weighted by atomic mass is 16.6. The summed E-state index contributed by atoms with van der Waals surface area (Å²) in [6.07, 6.45) is -0.917. The minimum absolute atomic E-state index is 0.244. The summed E-state index contributed by atoms with van der Waals surface area (Å²) in [6, 6.07) is 9.75. The SMILES string of the molecule is Cc1cc(C)c(NC(=O)C(C)OC(=O)COc2c(C)cccc2C)c(C)c1. The molecule has 2 aromatic carbocycles. The molecular formula is C22H27NO4. The van der Waals surface area contributed by atoms with Crippen LogP contribution in [0.1, 0.15) is 34.7 Å². The molecule has 0 radical (unpaired) electrons. The average molecular weight is 369 g/mol. The number of carbonyl (C=O) groups excluding carboxylic acids is 2. The highest BCUT2D eigenvalue weighted by Crippen LogP contribution is 2.23. The number of anilines is 1. The summed E-state index contributed by atoms with van der Waals surface area (Å²) in [5.41, 5.74) is 5.71. The van der Waals surface area contributed by atoms with Crippen LogP contribution in [0.3, 0.4) is 0 Å². The zero-order valence-corrected chi connectivity index (χ0v) is 16.8. The van der Waals surface area contributed by atoms with Crippen LogP contribution in [0.15, 0.2) is 30.3 Å². The molecule has 0 fully saturated rings. The normalized spacial score (nSPS) is 11.6.